The number of pyridine rings is 3. The van der Waals surface area contributed by atoms with Crippen LogP contribution in [0.15, 0.2) is 123 Å². The molecule has 7 heterocycles. The van der Waals surface area contributed by atoms with Crippen molar-refractivity contribution in [2.75, 3.05) is 70.4 Å². The first kappa shape index (κ1) is 73.6. The van der Waals surface area contributed by atoms with Crippen molar-refractivity contribution >= 4 is 101 Å². The van der Waals surface area contributed by atoms with Crippen molar-refractivity contribution in [1.82, 2.24) is 23.5 Å². The second-order valence-corrected chi connectivity index (χ2v) is 26.1. The molecular formula is C72H59B2F10N7O16. The van der Waals surface area contributed by atoms with Crippen LogP contribution >= 0.6 is 0 Å². The molecule has 554 valence electrons. The second-order valence-electron chi connectivity index (χ2n) is 26.1. The summed E-state index contributed by atoms with van der Waals surface area (Å²) in [6.45, 7) is -0.523. The first-order valence-corrected chi connectivity index (χ1v) is 33.5. The van der Waals surface area contributed by atoms with E-state index in [9.17, 15) is 79.1 Å². The van der Waals surface area contributed by atoms with Gasteiger partial charge in [0.2, 0.25) is 22.1 Å². The molecule has 0 atom stereocenters. The maximum Gasteiger partial charge on any atom is 0.798 e. The topological polar surface area (TPSA) is 265 Å². The Bertz CT molecular complexity index is 5340. The third-order valence-electron chi connectivity index (χ3n) is 19.4. The summed E-state index contributed by atoms with van der Waals surface area (Å²) in [7, 11) is -3.11. The molecule has 3 aromatic heterocycles. The lowest BCUT2D eigenvalue weighted by Crippen LogP contribution is -2.35. The number of rotatable bonds is 17. The van der Waals surface area contributed by atoms with E-state index in [4.69, 9.17) is 14.2 Å². The number of methoxy groups -OCH3 is 3. The van der Waals surface area contributed by atoms with E-state index in [0.29, 0.717) is 81.6 Å². The summed E-state index contributed by atoms with van der Waals surface area (Å²) in [6, 6.07) is 14.7. The number of halogens is 10. The molecule has 1 N–H and O–H groups in total. The first-order chi connectivity index (χ1) is 51.2. The minimum absolute atomic E-state index is 0.0192. The third-order valence-corrected chi connectivity index (χ3v) is 19.4. The number of carbonyl (C=O) groups is 7. The van der Waals surface area contributed by atoms with Gasteiger partial charge in [0.25, 0.3) is 23.6 Å². The Hall–Kier alpha value is -11.7. The zero-order chi connectivity index (χ0) is 76.5. The molecule has 0 spiro atoms. The van der Waals surface area contributed by atoms with Gasteiger partial charge in [-0.2, -0.15) is 4.39 Å². The van der Waals surface area contributed by atoms with Crippen molar-refractivity contribution in [3.63, 3.8) is 0 Å². The van der Waals surface area contributed by atoms with Gasteiger partial charge in [0.15, 0.2) is 34.7 Å². The highest BCUT2D eigenvalue weighted by molar-refractivity contribution is 6.38. The van der Waals surface area contributed by atoms with Gasteiger partial charge in [0.05, 0.1) is 89.4 Å². The molecule has 7 aliphatic rings. The van der Waals surface area contributed by atoms with Gasteiger partial charge in [-0.05, 0) is 118 Å². The summed E-state index contributed by atoms with van der Waals surface area (Å²) in [5.74, 6) is -12.9. The number of aromatic carboxylic acids is 1. The van der Waals surface area contributed by atoms with Crippen LogP contribution in [0, 0.1) is 23.3 Å². The van der Waals surface area contributed by atoms with E-state index in [1.807, 2.05) is 0 Å². The van der Waals surface area contributed by atoms with Crippen LogP contribution in [0.3, 0.4) is 0 Å². The molecule has 0 radical (unpaired) electrons. The van der Waals surface area contributed by atoms with Crippen LogP contribution in [-0.2, 0) is 9.31 Å². The van der Waals surface area contributed by atoms with Crippen LogP contribution in [0.2, 0.25) is 0 Å². The normalized spacial score (nSPS) is 17.1. The minimum atomic E-state index is -3.44. The van der Waals surface area contributed by atoms with Gasteiger partial charge in [-0.15, -0.1) is 0 Å². The summed E-state index contributed by atoms with van der Waals surface area (Å²) in [5.41, 5.74) is -2.75. The van der Waals surface area contributed by atoms with Gasteiger partial charge < -0.3 is 52.1 Å². The number of imide groups is 2. The molecule has 23 nitrogen and oxygen atoms in total. The molecule has 3 saturated carbocycles. The molecule has 15 rings (SSSR count). The highest BCUT2D eigenvalue weighted by Gasteiger charge is 2.41. The van der Waals surface area contributed by atoms with E-state index in [2.05, 4.69) is 9.31 Å². The van der Waals surface area contributed by atoms with E-state index in [0.717, 1.165) is 54.3 Å². The largest absolute Gasteiger partial charge is 0.798 e. The Kier molecular flexibility index (Phi) is 20.2. The van der Waals surface area contributed by atoms with Crippen LogP contribution in [-0.4, -0.2) is 146 Å². The quantitative estimate of drug-likeness (QED) is 0.0504. The molecule has 8 aromatic rings. The minimum Gasteiger partial charge on any atom is -0.492 e. The molecule has 5 fully saturated rings. The number of ether oxygens (including phenoxy) is 3. The number of carbonyl (C=O) groups excluding carboxylic acids is 6. The Balaban J connectivity index is 0.000000147. The van der Waals surface area contributed by atoms with Crippen molar-refractivity contribution in [3.8, 4) is 17.2 Å². The van der Waals surface area contributed by atoms with Crippen molar-refractivity contribution in [1.29, 1.82) is 0 Å². The first-order valence-electron chi connectivity index (χ1n) is 33.5. The maximum atomic E-state index is 15.8. The Morgan fingerprint density at radius 1 is 0.477 bits per heavy atom. The van der Waals surface area contributed by atoms with Crippen molar-refractivity contribution < 1.29 is 106 Å². The number of nitrogens with zero attached hydrogens (tertiary/aromatic N) is 7. The fourth-order valence-corrected chi connectivity index (χ4v) is 14.0. The smallest absolute Gasteiger partial charge is 0.492 e. The lowest BCUT2D eigenvalue weighted by Gasteiger charge is -2.33. The summed E-state index contributed by atoms with van der Waals surface area (Å²) in [5, 5.41) is 8.84. The van der Waals surface area contributed by atoms with Crippen LogP contribution in [0.4, 0.5) is 55.0 Å². The van der Waals surface area contributed by atoms with Crippen molar-refractivity contribution in [2.45, 2.75) is 82.3 Å². The lowest BCUT2D eigenvalue weighted by atomic mass is 10.0. The number of amides is 4. The number of carboxylic acids is 1. The van der Waals surface area contributed by atoms with Crippen LogP contribution < -0.4 is 40.3 Å². The standard InChI is InChI=1S/C29H24BF4N3O6.C29H25F2N3O6.C14H10BF4NO4/c1-42-26-23-19(25(38)20(29(41)43-30(33)34)13-36(23)16-8-9-16)11-21(31)24(26)35-10-4-5-15(12-35)22(32)14-37-27(39)17-6-2-3-7-18(17)28(37)40;1-40-26-23-19(25(35)20(29(38)39)13-33(23)16-8-9-16)11-21(30)24(26)32-10-4-5-15(12-32)22(31)14-34-27(36)17-6-2-3-7-18(17)28(34)37;1-23-13-10(17)9(16)4-7-11(13)20(6-2-3-6)5-8(12(7)21)14(22)24-15(18)19/h2-3,6-7,11,13,16H,4-5,8-10,12,14H2,1H3;2-3,6-7,11,13,16H,4-5,8-10,12,14H2,1H3,(H,38,39);4-6H,2-3H2,1H3/b2*22-15+;. The van der Waals surface area contributed by atoms with Gasteiger partial charge >= 0.3 is 32.8 Å². The second kappa shape index (κ2) is 29.3. The molecule has 5 aromatic carbocycles. The average molecular weight is 1490 g/mol. The van der Waals surface area contributed by atoms with Crippen LogP contribution in [0.1, 0.15) is 155 Å². The molecule has 4 aliphatic heterocycles. The number of benzene rings is 5. The fourth-order valence-electron chi connectivity index (χ4n) is 14.0. The average Bonchev–Trinajstić information content (AvgIpc) is 1.21. The SMILES string of the molecule is COc1c(F)c(F)cc2c(=O)c(C(=O)OB(F)F)cn(C3CC3)c12.COc1c(N2CCC/C(=C(\F)CN3C(=O)c4ccccc4C3=O)C2)c(F)cc2c(=O)c(C(=O)O)cn(C3CC3)c12.COc1c(N2CCC/C(=C(\F)CN3C(=O)c4ccccc4C3=O)C2)c(F)cc2c(=O)c(C(=O)OB(F)F)cn(C3CC3)c12. The Morgan fingerprint density at radius 2 is 0.794 bits per heavy atom. The fraction of sp³-hybridized carbons (Fsp3) is 0.306. The zero-order valence-electron chi connectivity index (χ0n) is 56.8. The molecule has 107 heavy (non-hydrogen) atoms. The van der Waals surface area contributed by atoms with Gasteiger partial charge in [-0.1, -0.05) is 24.3 Å². The van der Waals surface area contributed by atoms with E-state index in [1.165, 1.54) is 53.8 Å². The van der Waals surface area contributed by atoms with Crippen molar-refractivity contribution in [3.05, 3.63) is 201 Å². The van der Waals surface area contributed by atoms with Gasteiger partial charge in [-0.25, -0.2) is 53.6 Å². The highest BCUT2D eigenvalue weighted by atomic mass is 19.2. The number of aromatic nitrogens is 3. The summed E-state index contributed by atoms with van der Waals surface area (Å²) < 4.78 is 169. The van der Waals surface area contributed by atoms with E-state index in [1.54, 1.807) is 38.6 Å². The van der Waals surface area contributed by atoms with Crippen LogP contribution in [0.25, 0.3) is 32.7 Å². The Morgan fingerprint density at radius 3 is 1.11 bits per heavy atom. The summed E-state index contributed by atoms with van der Waals surface area (Å²) in [4.78, 5) is 130. The number of hydrogen-bond donors (Lipinski definition) is 1. The zero-order valence-corrected chi connectivity index (χ0v) is 56.8. The number of piperidine rings is 2. The molecule has 0 bridgehead atoms. The van der Waals surface area contributed by atoms with Crippen LogP contribution in [0.5, 0.6) is 17.2 Å². The predicted octanol–water partition coefficient (Wildman–Crippen LogP) is 11.7. The maximum absolute atomic E-state index is 15.8. The van der Waals surface area contributed by atoms with Gasteiger partial charge in [-0.3, -0.25) is 43.4 Å². The molecule has 2 saturated heterocycles. The van der Waals surface area contributed by atoms with Gasteiger partial charge in [0, 0.05) is 62.9 Å². The third kappa shape index (κ3) is 13.8. The lowest BCUT2D eigenvalue weighted by molar-refractivity contribution is 0.0644. The number of anilines is 2. The van der Waals surface area contributed by atoms with E-state index in [-0.39, 0.29) is 109 Å². The molecule has 4 amide bonds. The van der Waals surface area contributed by atoms with Crippen molar-refractivity contribution in [2.24, 2.45) is 0 Å². The molecule has 3 aliphatic carbocycles. The molecule has 35 heteroatoms. The molecular weight excluding hydrogens is 1430 g/mol. The predicted molar refractivity (Wildman–Crippen MR) is 365 cm³/mol. The van der Waals surface area contributed by atoms with Gasteiger partial charge in [0.1, 0.15) is 39.7 Å². The number of carboxylic acid groups (broad SMARTS) is 1. The number of fused-ring (bicyclic) bond motifs is 5. The monoisotopic (exact) mass is 1490 g/mol. The molecule has 0 unspecified atom stereocenters. The highest BCUT2D eigenvalue weighted by Crippen LogP contribution is 2.48. The Labute approximate surface area is 598 Å². The summed E-state index contributed by atoms with van der Waals surface area (Å²) in [6.07, 6.45) is 9.19. The van der Waals surface area contributed by atoms with E-state index >= 15 is 17.6 Å². The summed E-state index contributed by atoms with van der Waals surface area (Å²) >= 11 is 0. The van der Waals surface area contributed by atoms with E-state index < -0.39 is 143 Å². The number of hydrogen-bond acceptors (Lipinski definition) is 17.